The minimum absolute atomic E-state index is 0.708. The maximum absolute atomic E-state index is 3.74. The van der Waals surface area contributed by atoms with E-state index >= 15 is 0 Å². The van der Waals surface area contributed by atoms with Gasteiger partial charge in [0.05, 0.1) is 12.9 Å². The molecule has 0 atom stereocenters. The monoisotopic (exact) mass is 68.0 g/mol. The van der Waals surface area contributed by atoms with E-state index in [0.717, 1.165) is 0 Å². The van der Waals surface area contributed by atoms with Crippen molar-refractivity contribution >= 4 is 6.34 Å². The topological polar surface area (TPSA) is 24.4 Å². The average Bonchev–Trinajstić information content (AvgIpc) is 1.76. The van der Waals surface area contributed by atoms with Gasteiger partial charge in [-0.2, -0.15) is 0 Å². The highest BCUT2D eigenvalue weighted by Crippen LogP contribution is 1.75. The van der Waals surface area contributed by atoms with Crippen LogP contribution in [0.5, 0.6) is 0 Å². The molecular formula is C3H4N2. The molecular weight excluding hydrogens is 64.0 g/mol. The van der Waals surface area contributed by atoms with Crippen LogP contribution in [0.15, 0.2) is 4.99 Å². The summed E-state index contributed by atoms with van der Waals surface area (Å²) in [6, 6.07) is 0. The zero-order chi connectivity index (χ0) is 3.54. The van der Waals surface area contributed by atoms with Crippen LogP contribution in [-0.2, 0) is 0 Å². The number of nitrogens with one attached hydrogen (secondary N) is 1. The second-order valence-electron chi connectivity index (χ2n) is 0.791. The van der Waals surface area contributed by atoms with Crippen LogP contribution in [0.1, 0.15) is 0 Å². The summed E-state index contributed by atoms with van der Waals surface area (Å²) < 4.78 is 0. The van der Waals surface area contributed by atoms with Crippen molar-refractivity contribution in [3.05, 3.63) is 6.54 Å². The molecule has 0 saturated heterocycles. The van der Waals surface area contributed by atoms with E-state index in [1.54, 1.807) is 6.34 Å². The second kappa shape index (κ2) is 1.06. The standard InChI is InChI=1S/C3H4N2/c1-2-5-3-4-1/h3H,1H2,(H,4,5). The SMILES string of the molecule is [C]1CN=CN1. The molecule has 0 aromatic rings. The second-order valence-corrected chi connectivity index (χ2v) is 0.791. The lowest BCUT2D eigenvalue weighted by molar-refractivity contribution is 1.11. The molecule has 0 bridgehead atoms. The number of hydrogen-bond donors (Lipinski definition) is 1. The molecule has 0 aromatic heterocycles. The summed E-state index contributed by atoms with van der Waals surface area (Å²) in [5.74, 6) is 0. The molecule has 0 unspecified atom stereocenters. The van der Waals surface area contributed by atoms with Crippen LogP contribution in [0.2, 0.25) is 0 Å². The molecule has 0 spiro atoms. The quantitative estimate of drug-likeness (QED) is 0.412. The zero-order valence-electron chi connectivity index (χ0n) is 2.73. The lowest BCUT2D eigenvalue weighted by Gasteiger charge is -1.72. The molecule has 2 radical (unpaired) electrons. The van der Waals surface area contributed by atoms with Crippen molar-refractivity contribution in [1.82, 2.24) is 5.32 Å². The summed E-state index contributed by atoms with van der Waals surface area (Å²) in [6.07, 6.45) is 1.62. The highest BCUT2D eigenvalue weighted by Gasteiger charge is 1.85. The van der Waals surface area contributed by atoms with Crippen LogP contribution >= 0.6 is 0 Å². The van der Waals surface area contributed by atoms with Crippen LogP contribution in [0.3, 0.4) is 0 Å². The Morgan fingerprint density at radius 3 is 3.20 bits per heavy atom. The third-order valence-corrected chi connectivity index (χ3v) is 0.428. The van der Waals surface area contributed by atoms with Gasteiger partial charge in [0.25, 0.3) is 0 Å². The number of hydrogen-bond acceptors (Lipinski definition) is 2. The van der Waals surface area contributed by atoms with Gasteiger partial charge in [-0.05, 0) is 0 Å². The van der Waals surface area contributed by atoms with Gasteiger partial charge in [0, 0.05) is 0 Å². The van der Waals surface area contributed by atoms with E-state index in [0.29, 0.717) is 6.54 Å². The van der Waals surface area contributed by atoms with Crippen molar-refractivity contribution in [3.8, 4) is 0 Å². The summed E-state index contributed by atoms with van der Waals surface area (Å²) in [4.78, 5) is 3.74. The minimum atomic E-state index is 0.708. The first-order valence-corrected chi connectivity index (χ1v) is 1.47. The van der Waals surface area contributed by atoms with Crippen molar-refractivity contribution < 1.29 is 0 Å². The molecule has 26 valence electrons. The molecule has 0 aromatic carbocycles. The van der Waals surface area contributed by atoms with Gasteiger partial charge in [-0.25, -0.2) is 0 Å². The molecule has 0 amide bonds. The van der Waals surface area contributed by atoms with Gasteiger partial charge in [0.15, 0.2) is 0 Å². The van der Waals surface area contributed by atoms with Crippen LogP contribution in [0.4, 0.5) is 0 Å². The molecule has 1 aliphatic heterocycles. The summed E-state index contributed by atoms with van der Waals surface area (Å²) >= 11 is 0. The van der Waals surface area contributed by atoms with E-state index in [1.807, 2.05) is 0 Å². The van der Waals surface area contributed by atoms with Gasteiger partial charge in [0.1, 0.15) is 6.54 Å². The zero-order valence-corrected chi connectivity index (χ0v) is 2.73. The van der Waals surface area contributed by atoms with E-state index in [9.17, 15) is 0 Å². The smallest absolute Gasteiger partial charge is 0.112 e. The molecule has 0 aliphatic carbocycles. The first-order valence-electron chi connectivity index (χ1n) is 1.47. The van der Waals surface area contributed by atoms with Crippen molar-refractivity contribution in [1.29, 1.82) is 0 Å². The van der Waals surface area contributed by atoms with Gasteiger partial charge in [-0.15, -0.1) is 0 Å². The van der Waals surface area contributed by atoms with E-state index in [2.05, 4.69) is 16.9 Å². The van der Waals surface area contributed by atoms with Gasteiger partial charge >= 0.3 is 0 Å². The summed E-state index contributed by atoms with van der Waals surface area (Å²) in [7, 11) is 0. The summed E-state index contributed by atoms with van der Waals surface area (Å²) in [5.41, 5.74) is 0. The summed E-state index contributed by atoms with van der Waals surface area (Å²) in [5, 5.41) is 2.68. The van der Waals surface area contributed by atoms with Crippen LogP contribution < -0.4 is 5.32 Å². The third-order valence-electron chi connectivity index (χ3n) is 0.428. The summed E-state index contributed by atoms with van der Waals surface area (Å²) in [6.45, 7) is 3.46. The largest absolute Gasteiger partial charge is 0.364 e. The van der Waals surface area contributed by atoms with Gasteiger partial charge in [0.2, 0.25) is 0 Å². The van der Waals surface area contributed by atoms with Gasteiger partial charge in [-0.1, -0.05) is 0 Å². The third kappa shape index (κ3) is 0.375. The Labute approximate surface area is 30.9 Å². The lowest BCUT2D eigenvalue weighted by atomic mass is 10.7. The fourth-order valence-corrected chi connectivity index (χ4v) is 0.228. The van der Waals surface area contributed by atoms with Gasteiger partial charge in [-0.3, -0.25) is 4.99 Å². The minimum Gasteiger partial charge on any atom is -0.364 e. The molecule has 1 N–H and O–H groups in total. The van der Waals surface area contributed by atoms with Crippen LogP contribution in [0, 0.1) is 6.54 Å². The molecule has 5 heavy (non-hydrogen) atoms. The van der Waals surface area contributed by atoms with Crippen molar-refractivity contribution in [2.75, 3.05) is 6.54 Å². The van der Waals surface area contributed by atoms with Crippen LogP contribution in [-0.4, -0.2) is 12.9 Å². The lowest BCUT2D eigenvalue weighted by Crippen LogP contribution is -1.97. The Balaban J connectivity index is 2.32. The fraction of sp³-hybridized carbons (Fsp3) is 0.333. The predicted molar refractivity (Wildman–Crippen MR) is 19.7 cm³/mol. The van der Waals surface area contributed by atoms with Crippen LogP contribution in [0.25, 0.3) is 0 Å². The molecule has 2 nitrogen and oxygen atoms in total. The predicted octanol–water partition coefficient (Wildman–Crippen LogP) is -0.343. The molecule has 1 heterocycles. The van der Waals surface area contributed by atoms with Crippen molar-refractivity contribution in [3.63, 3.8) is 0 Å². The Kier molecular flexibility index (Phi) is 0.571. The van der Waals surface area contributed by atoms with E-state index in [-0.39, 0.29) is 0 Å². The normalized spacial score (nSPS) is 19.2. The Hall–Kier alpha value is -0.530. The van der Waals surface area contributed by atoms with Crippen molar-refractivity contribution in [2.24, 2.45) is 4.99 Å². The highest BCUT2D eigenvalue weighted by molar-refractivity contribution is 5.57. The molecule has 1 aliphatic rings. The van der Waals surface area contributed by atoms with Crippen molar-refractivity contribution in [2.45, 2.75) is 0 Å². The Morgan fingerprint density at radius 1 is 2.00 bits per heavy atom. The fourth-order valence-electron chi connectivity index (χ4n) is 0.228. The first kappa shape index (κ1) is 2.69. The van der Waals surface area contributed by atoms with E-state index in [4.69, 9.17) is 0 Å². The van der Waals surface area contributed by atoms with E-state index in [1.165, 1.54) is 0 Å². The average molecular weight is 68.1 g/mol. The highest BCUT2D eigenvalue weighted by atomic mass is 15.0. The molecule has 0 fully saturated rings. The molecule has 0 saturated carbocycles. The number of rotatable bonds is 0. The number of nitrogens with zero attached hydrogens (tertiary/aromatic N) is 1. The first-order chi connectivity index (χ1) is 2.50. The maximum Gasteiger partial charge on any atom is 0.112 e. The van der Waals surface area contributed by atoms with Gasteiger partial charge < -0.3 is 5.32 Å². The molecule has 1 rings (SSSR count). The van der Waals surface area contributed by atoms with E-state index < -0.39 is 0 Å². The number of aliphatic imine (C=N–C) groups is 1. The Bertz CT molecular complexity index is 42.9. The maximum atomic E-state index is 3.74. The molecule has 2 heteroatoms. The Morgan fingerprint density at radius 2 is 3.00 bits per heavy atom.